The van der Waals surface area contributed by atoms with Crippen molar-refractivity contribution in [1.82, 2.24) is 0 Å². The molecule has 1 aliphatic rings. The van der Waals surface area contributed by atoms with Crippen LogP contribution in [0, 0.1) is 0 Å². The molecule has 0 spiro atoms. The maximum atomic E-state index is 12.0. The van der Waals surface area contributed by atoms with E-state index >= 15 is 0 Å². The first-order chi connectivity index (χ1) is 8.71. The summed E-state index contributed by atoms with van der Waals surface area (Å²) in [4.78, 5) is 12.0. The number of hydrogen-bond donors (Lipinski definition) is 0. The second kappa shape index (κ2) is 8.24. The Hall–Kier alpha value is -1.89. The van der Waals surface area contributed by atoms with Crippen LogP contribution in [0.5, 0.6) is 0 Å². The van der Waals surface area contributed by atoms with E-state index in [2.05, 4.69) is 19.7 Å². The van der Waals surface area contributed by atoms with Crippen molar-refractivity contribution in [2.75, 3.05) is 0 Å². The summed E-state index contributed by atoms with van der Waals surface area (Å²) >= 11 is 0. The van der Waals surface area contributed by atoms with Crippen LogP contribution in [-0.2, 0) is 4.79 Å². The van der Waals surface area contributed by atoms with Crippen molar-refractivity contribution >= 4 is 5.78 Å². The van der Waals surface area contributed by atoms with Crippen LogP contribution >= 0.6 is 0 Å². The second-order valence-electron chi connectivity index (χ2n) is 3.41. The fraction of sp³-hybridized carbons (Fsp3) is 0.235. The Bertz CT molecular complexity index is 442. The molecule has 0 atom stereocenters. The SMILES string of the molecule is C=CC1=C(C=C)C(C=C)=C(/C=C\CC)C1=O.CC. The molecule has 1 rings (SSSR count). The molecule has 0 saturated carbocycles. The van der Waals surface area contributed by atoms with Gasteiger partial charge in [0.15, 0.2) is 5.78 Å². The van der Waals surface area contributed by atoms with Gasteiger partial charge in [-0.05, 0) is 17.6 Å². The van der Waals surface area contributed by atoms with Gasteiger partial charge in [0.25, 0.3) is 0 Å². The Morgan fingerprint density at radius 2 is 1.33 bits per heavy atom. The van der Waals surface area contributed by atoms with Crippen LogP contribution in [0.4, 0.5) is 0 Å². The Morgan fingerprint density at radius 1 is 0.889 bits per heavy atom. The largest absolute Gasteiger partial charge is 0.289 e. The molecule has 0 bridgehead atoms. The van der Waals surface area contributed by atoms with Crippen LogP contribution in [0.2, 0.25) is 0 Å². The van der Waals surface area contributed by atoms with Crippen molar-refractivity contribution in [3.8, 4) is 0 Å². The number of hydrogen-bond acceptors (Lipinski definition) is 1. The third-order valence-corrected chi connectivity index (χ3v) is 2.49. The van der Waals surface area contributed by atoms with Crippen molar-refractivity contribution in [3.63, 3.8) is 0 Å². The van der Waals surface area contributed by atoms with E-state index in [1.165, 1.54) is 0 Å². The Morgan fingerprint density at radius 3 is 1.72 bits per heavy atom. The summed E-state index contributed by atoms with van der Waals surface area (Å²) in [6, 6.07) is 0. The van der Waals surface area contributed by atoms with E-state index < -0.39 is 0 Å². The van der Waals surface area contributed by atoms with E-state index in [-0.39, 0.29) is 5.78 Å². The summed E-state index contributed by atoms with van der Waals surface area (Å²) in [5, 5.41) is 0. The fourth-order valence-electron chi connectivity index (χ4n) is 1.72. The third kappa shape index (κ3) is 3.07. The van der Waals surface area contributed by atoms with E-state index in [9.17, 15) is 4.79 Å². The monoisotopic (exact) mass is 242 g/mol. The van der Waals surface area contributed by atoms with Crippen molar-refractivity contribution in [3.05, 3.63) is 72.4 Å². The first-order valence-electron chi connectivity index (χ1n) is 6.28. The van der Waals surface area contributed by atoms with Crippen molar-refractivity contribution in [2.24, 2.45) is 0 Å². The molecule has 0 saturated heterocycles. The number of Topliss-reactive ketones (excluding diaryl/α,β-unsaturated/α-hetero) is 1. The highest BCUT2D eigenvalue weighted by Crippen LogP contribution is 2.32. The minimum atomic E-state index is 0.00417. The van der Waals surface area contributed by atoms with Gasteiger partial charge in [0.2, 0.25) is 0 Å². The van der Waals surface area contributed by atoms with E-state index in [1.807, 2.05) is 32.9 Å². The third-order valence-electron chi connectivity index (χ3n) is 2.49. The first kappa shape index (κ1) is 16.1. The standard InChI is InChI=1S/C15H16O.C2H6/c1-5-9-10-14-12(7-3)11(6-2)13(8-4)15(14)16;1-2/h6-10H,2-5H2,1H3;1-2H3/b10-9-;. The number of rotatable bonds is 5. The molecular weight excluding hydrogens is 220 g/mol. The van der Waals surface area contributed by atoms with Gasteiger partial charge in [-0.2, -0.15) is 0 Å². The Labute approximate surface area is 111 Å². The number of carbonyl (C=O) groups is 1. The first-order valence-corrected chi connectivity index (χ1v) is 6.28. The van der Waals surface area contributed by atoms with Crippen LogP contribution in [0.15, 0.2) is 72.4 Å². The van der Waals surface area contributed by atoms with Gasteiger partial charge >= 0.3 is 0 Å². The predicted molar refractivity (Wildman–Crippen MR) is 80.4 cm³/mol. The van der Waals surface area contributed by atoms with Gasteiger partial charge in [0.1, 0.15) is 0 Å². The van der Waals surface area contributed by atoms with Gasteiger partial charge in [-0.15, -0.1) is 0 Å². The fourth-order valence-corrected chi connectivity index (χ4v) is 1.72. The molecule has 0 amide bonds. The summed E-state index contributed by atoms with van der Waals surface area (Å²) in [5.41, 5.74) is 2.97. The van der Waals surface area contributed by atoms with Gasteiger partial charge < -0.3 is 0 Å². The predicted octanol–water partition coefficient (Wildman–Crippen LogP) is 4.71. The normalized spacial score (nSPS) is 14.7. The molecule has 0 radical (unpaired) electrons. The molecule has 1 heteroatoms. The Balaban J connectivity index is 0.00000137. The molecule has 0 N–H and O–H groups in total. The molecule has 0 aliphatic heterocycles. The van der Waals surface area contributed by atoms with Crippen molar-refractivity contribution < 1.29 is 4.79 Å². The molecule has 0 aromatic heterocycles. The van der Waals surface area contributed by atoms with E-state index in [4.69, 9.17) is 0 Å². The molecule has 18 heavy (non-hydrogen) atoms. The summed E-state index contributed by atoms with van der Waals surface area (Å²) in [6.45, 7) is 17.2. The van der Waals surface area contributed by atoms with Gasteiger partial charge in [-0.25, -0.2) is 0 Å². The molecule has 0 aromatic rings. The van der Waals surface area contributed by atoms with Crippen LogP contribution in [0.3, 0.4) is 0 Å². The molecule has 1 aliphatic carbocycles. The Kier molecular flexibility index (Phi) is 7.37. The molecule has 1 nitrogen and oxygen atoms in total. The molecular formula is C17H22O. The quantitative estimate of drug-likeness (QED) is 0.682. The van der Waals surface area contributed by atoms with Gasteiger partial charge in [-0.1, -0.05) is 70.9 Å². The summed E-state index contributed by atoms with van der Waals surface area (Å²) < 4.78 is 0. The second-order valence-corrected chi connectivity index (χ2v) is 3.41. The molecule has 0 heterocycles. The lowest BCUT2D eigenvalue weighted by atomic mass is 10.1. The van der Waals surface area contributed by atoms with E-state index in [1.54, 1.807) is 18.2 Å². The van der Waals surface area contributed by atoms with Crippen LogP contribution in [-0.4, -0.2) is 5.78 Å². The number of carbonyl (C=O) groups excluding carboxylic acids is 1. The molecule has 0 aromatic carbocycles. The van der Waals surface area contributed by atoms with Crippen molar-refractivity contribution in [2.45, 2.75) is 27.2 Å². The van der Waals surface area contributed by atoms with Crippen LogP contribution in [0.1, 0.15) is 27.2 Å². The highest BCUT2D eigenvalue weighted by Gasteiger charge is 2.25. The molecule has 0 unspecified atom stereocenters. The summed E-state index contributed by atoms with van der Waals surface area (Å²) in [6.07, 6.45) is 9.66. The zero-order valence-electron chi connectivity index (χ0n) is 11.6. The van der Waals surface area contributed by atoms with Gasteiger partial charge in [0.05, 0.1) is 0 Å². The zero-order valence-corrected chi connectivity index (χ0v) is 11.6. The minimum Gasteiger partial charge on any atom is -0.289 e. The lowest BCUT2D eigenvalue weighted by molar-refractivity contribution is -0.111. The average molecular weight is 242 g/mol. The molecule has 96 valence electrons. The minimum absolute atomic E-state index is 0.00417. The van der Waals surface area contributed by atoms with Gasteiger partial charge in [0, 0.05) is 11.1 Å². The lowest BCUT2D eigenvalue weighted by Crippen LogP contribution is -1.98. The molecule has 0 fully saturated rings. The average Bonchev–Trinajstić information content (AvgIpc) is 2.69. The highest BCUT2D eigenvalue weighted by atomic mass is 16.1. The topological polar surface area (TPSA) is 17.1 Å². The summed E-state index contributed by atoms with van der Waals surface area (Å²) in [5.74, 6) is 0.00417. The maximum absolute atomic E-state index is 12.0. The zero-order chi connectivity index (χ0) is 14.1. The van der Waals surface area contributed by atoms with Gasteiger partial charge in [-0.3, -0.25) is 4.79 Å². The smallest absolute Gasteiger partial charge is 0.194 e. The summed E-state index contributed by atoms with van der Waals surface area (Å²) in [7, 11) is 0. The number of allylic oxidation sites excluding steroid dienone is 9. The van der Waals surface area contributed by atoms with Crippen LogP contribution in [0.25, 0.3) is 0 Å². The van der Waals surface area contributed by atoms with E-state index in [0.29, 0.717) is 11.1 Å². The van der Waals surface area contributed by atoms with E-state index in [0.717, 1.165) is 17.6 Å². The van der Waals surface area contributed by atoms with Crippen LogP contribution < -0.4 is 0 Å². The maximum Gasteiger partial charge on any atom is 0.194 e. The highest BCUT2D eigenvalue weighted by molar-refractivity contribution is 6.17. The van der Waals surface area contributed by atoms with Crippen molar-refractivity contribution in [1.29, 1.82) is 0 Å². The number of ketones is 1. The lowest BCUT2D eigenvalue weighted by Gasteiger charge is -1.98.